The van der Waals surface area contributed by atoms with E-state index in [-0.39, 0.29) is 10.7 Å². The van der Waals surface area contributed by atoms with E-state index >= 15 is 0 Å². The van der Waals surface area contributed by atoms with Crippen LogP contribution < -0.4 is 5.32 Å². The summed E-state index contributed by atoms with van der Waals surface area (Å²) >= 11 is 6.12. The molecule has 0 amide bonds. The molecular weight excluding hydrogens is 329 g/mol. The summed E-state index contributed by atoms with van der Waals surface area (Å²) in [6.45, 7) is 1.14. The van der Waals surface area contributed by atoms with Crippen molar-refractivity contribution in [2.75, 3.05) is 7.05 Å². The van der Waals surface area contributed by atoms with E-state index in [1.807, 2.05) is 6.07 Å². The molecular formula is C15H14ClF3N4. The van der Waals surface area contributed by atoms with Crippen molar-refractivity contribution >= 4 is 33.5 Å². The second-order valence-corrected chi connectivity index (χ2v) is 5.70. The Labute approximate surface area is 135 Å². The molecule has 0 aliphatic heterocycles. The number of nitrogens with zero attached hydrogens (tertiary/aromatic N) is 3. The van der Waals surface area contributed by atoms with Crippen LogP contribution in [0.5, 0.6) is 0 Å². The van der Waals surface area contributed by atoms with Crippen LogP contribution in [0.3, 0.4) is 0 Å². The molecule has 0 bridgehead atoms. The molecule has 0 fully saturated rings. The maximum atomic E-state index is 13.0. The fourth-order valence-electron chi connectivity index (χ4n) is 2.75. The molecule has 2 heterocycles. The fraction of sp³-hybridized carbons (Fsp3) is 0.333. The molecule has 0 unspecified atom stereocenters. The molecule has 0 radical (unpaired) electrons. The van der Waals surface area contributed by atoms with Gasteiger partial charge >= 0.3 is 6.18 Å². The van der Waals surface area contributed by atoms with E-state index in [4.69, 9.17) is 11.6 Å². The van der Waals surface area contributed by atoms with Crippen molar-refractivity contribution in [3.05, 3.63) is 34.7 Å². The van der Waals surface area contributed by atoms with Gasteiger partial charge in [0.05, 0.1) is 5.52 Å². The number of alkyl halides is 3. The first-order valence-electron chi connectivity index (χ1n) is 6.96. The van der Waals surface area contributed by atoms with Crippen LogP contribution in [0.1, 0.15) is 11.4 Å². The number of aryl methyl sites for hydroxylation is 1. The van der Waals surface area contributed by atoms with E-state index in [0.29, 0.717) is 28.8 Å². The van der Waals surface area contributed by atoms with Gasteiger partial charge in [0.2, 0.25) is 0 Å². The van der Waals surface area contributed by atoms with E-state index in [9.17, 15) is 13.2 Å². The number of hydrogen-bond donors (Lipinski definition) is 1. The summed E-state index contributed by atoms with van der Waals surface area (Å²) in [5.41, 5.74) is 2.06. The molecule has 3 rings (SSSR count). The largest absolute Gasteiger partial charge is 0.406 e. The average molecular weight is 343 g/mol. The molecule has 122 valence electrons. The summed E-state index contributed by atoms with van der Waals surface area (Å²) in [5.74, 6) is 0.424. The minimum atomic E-state index is -4.36. The lowest BCUT2D eigenvalue weighted by atomic mass is 10.1. The zero-order valence-corrected chi connectivity index (χ0v) is 13.3. The molecule has 0 aliphatic rings. The third kappa shape index (κ3) is 2.98. The van der Waals surface area contributed by atoms with Crippen LogP contribution in [-0.4, -0.2) is 27.8 Å². The zero-order valence-electron chi connectivity index (χ0n) is 12.5. The Kier molecular flexibility index (Phi) is 3.93. The lowest BCUT2D eigenvalue weighted by molar-refractivity contribution is -0.139. The van der Waals surface area contributed by atoms with Crippen molar-refractivity contribution < 1.29 is 13.2 Å². The molecule has 0 aliphatic carbocycles. The predicted molar refractivity (Wildman–Crippen MR) is 83.6 cm³/mol. The van der Waals surface area contributed by atoms with Gasteiger partial charge in [0.25, 0.3) is 0 Å². The molecule has 1 N–H and O–H groups in total. The van der Waals surface area contributed by atoms with Crippen LogP contribution in [0.4, 0.5) is 13.2 Å². The lowest BCUT2D eigenvalue weighted by Gasteiger charge is -2.11. The van der Waals surface area contributed by atoms with Crippen LogP contribution in [0.2, 0.25) is 5.15 Å². The van der Waals surface area contributed by atoms with Gasteiger partial charge in [-0.1, -0.05) is 17.7 Å². The number of aromatic nitrogens is 3. The number of benzene rings is 1. The molecule has 0 atom stereocenters. The predicted octanol–water partition coefficient (Wildman–Crippen LogP) is 3.83. The molecule has 1 aromatic carbocycles. The normalized spacial score (nSPS) is 12.4. The highest BCUT2D eigenvalue weighted by Crippen LogP contribution is 2.34. The number of halogens is 4. The molecule has 2 aromatic heterocycles. The van der Waals surface area contributed by atoms with Gasteiger partial charge in [-0.3, -0.25) is 0 Å². The van der Waals surface area contributed by atoms with Crippen LogP contribution >= 0.6 is 11.6 Å². The van der Waals surface area contributed by atoms with Crippen LogP contribution in [-0.2, 0) is 13.1 Å². The maximum Gasteiger partial charge on any atom is 0.406 e. The summed E-state index contributed by atoms with van der Waals surface area (Å²) in [7, 11) is 1.81. The van der Waals surface area contributed by atoms with Gasteiger partial charge in [-0.2, -0.15) is 13.2 Å². The van der Waals surface area contributed by atoms with Crippen molar-refractivity contribution in [2.24, 2.45) is 0 Å². The quantitative estimate of drug-likeness (QED) is 0.736. The van der Waals surface area contributed by atoms with Crippen molar-refractivity contribution in [2.45, 2.75) is 26.2 Å². The van der Waals surface area contributed by atoms with Crippen LogP contribution in [0.25, 0.3) is 21.9 Å². The number of fused-ring (bicyclic) bond motifs is 3. The Morgan fingerprint density at radius 2 is 2.00 bits per heavy atom. The maximum absolute atomic E-state index is 13.0. The number of hydrogen-bond acceptors (Lipinski definition) is 3. The van der Waals surface area contributed by atoms with Gasteiger partial charge in [0.1, 0.15) is 23.4 Å². The zero-order chi connectivity index (χ0) is 16.8. The van der Waals surface area contributed by atoms with E-state index in [2.05, 4.69) is 15.3 Å². The van der Waals surface area contributed by atoms with Crippen molar-refractivity contribution in [3.8, 4) is 0 Å². The van der Waals surface area contributed by atoms with E-state index in [1.54, 1.807) is 26.1 Å². The molecule has 4 nitrogen and oxygen atoms in total. The van der Waals surface area contributed by atoms with Crippen molar-refractivity contribution in [3.63, 3.8) is 0 Å². The Bertz CT molecular complexity index is 886. The summed E-state index contributed by atoms with van der Waals surface area (Å²) in [6, 6.07) is 5.30. The van der Waals surface area contributed by atoms with Crippen molar-refractivity contribution in [1.82, 2.24) is 19.9 Å². The average Bonchev–Trinajstić information content (AvgIpc) is 2.71. The monoisotopic (exact) mass is 342 g/mol. The standard InChI is InChI=1S/C15H14ClF3N4/c1-8-21-12-10-5-9(6-20-2)3-4-11(10)23(7-15(17,18)19)13(12)14(16)22-8/h3-5,20H,6-7H2,1-2H3. The van der Waals surface area contributed by atoms with Crippen LogP contribution in [0.15, 0.2) is 18.2 Å². The second-order valence-electron chi connectivity index (χ2n) is 5.34. The third-order valence-corrected chi connectivity index (χ3v) is 3.81. The molecule has 0 saturated carbocycles. The van der Waals surface area contributed by atoms with E-state index < -0.39 is 12.7 Å². The molecule has 8 heteroatoms. The van der Waals surface area contributed by atoms with Gasteiger partial charge in [0.15, 0.2) is 5.15 Å². The molecule has 0 spiro atoms. The summed E-state index contributed by atoms with van der Waals surface area (Å²) < 4.78 is 40.0. The Hall–Kier alpha value is -1.86. The highest BCUT2D eigenvalue weighted by Gasteiger charge is 2.31. The first-order valence-corrected chi connectivity index (χ1v) is 7.34. The number of nitrogens with one attached hydrogen (secondary N) is 1. The van der Waals surface area contributed by atoms with Gasteiger partial charge in [-0.25, -0.2) is 9.97 Å². The van der Waals surface area contributed by atoms with Crippen LogP contribution in [0, 0.1) is 6.92 Å². The van der Waals surface area contributed by atoms with Gasteiger partial charge < -0.3 is 9.88 Å². The lowest BCUT2D eigenvalue weighted by Crippen LogP contribution is -2.17. The topological polar surface area (TPSA) is 42.7 Å². The fourth-order valence-corrected chi connectivity index (χ4v) is 3.06. The first-order chi connectivity index (χ1) is 10.8. The van der Waals surface area contributed by atoms with Gasteiger partial charge in [0, 0.05) is 11.9 Å². The smallest absolute Gasteiger partial charge is 0.327 e. The third-order valence-electron chi connectivity index (χ3n) is 3.55. The van der Waals surface area contributed by atoms with E-state index in [1.165, 1.54) is 0 Å². The van der Waals surface area contributed by atoms with Crippen molar-refractivity contribution in [1.29, 1.82) is 0 Å². The highest BCUT2D eigenvalue weighted by molar-refractivity contribution is 6.34. The summed E-state index contributed by atoms with van der Waals surface area (Å²) in [4.78, 5) is 8.31. The summed E-state index contributed by atoms with van der Waals surface area (Å²) in [5, 5.41) is 3.69. The molecule has 3 aromatic rings. The minimum Gasteiger partial charge on any atom is -0.327 e. The Morgan fingerprint density at radius 1 is 1.26 bits per heavy atom. The van der Waals surface area contributed by atoms with E-state index in [0.717, 1.165) is 10.1 Å². The second kappa shape index (κ2) is 5.65. The Balaban J connectivity index is 2.38. The first kappa shape index (κ1) is 16.0. The minimum absolute atomic E-state index is 0.0307. The molecule has 0 saturated heterocycles. The highest BCUT2D eigenvalue weighted by atomic mass is 35.5. The number of rotatable bonds is 3. The summed E-state index contributed by atoms with van der Waals surface area (Å²) in [6.07, 6.45) is -4.36. The van der Waals surface area contributed by atoms with Gasteiger partial charge in [-0.05, 0) is 31.7 Å². The molecule has 23 heavy (non-hydrogen) atoms. The van der Waals surface area contributed by atoms with Gasteiger partial charge in [-0.15, -0.1) is 0 Å². The SMILES string of the molecule is CNCc1ccc2c(c1)c1nc(C)nc(Cl)c1n2CC(F)(F)F. The Morgan fingerprint density at radius 3 is 2.65 bits per heavy atom.